The lowest BCUT2D eigenvalue weighted by Gasteiger charge is -2.22. The zero-order valence-electron chi connectivity index (χ0n) is 14.5. The van der Waals surface area contributed by atoms with Crippen molar-refractivity contribution >= 4 is 40.5 Å². The molecule has 1 heterocycles. The molecule has 2 rings (SSSR count). The van der Waals surface area contributed by atoms with Gasteiger partial charge < -0.3 is 5.73 Å². The smallest absolute Gasteiger partial charge is 0.257 e. The summed E-state index contributed by atoms with van der Waals surface area (Å²) in [6.45, 7) is 6.33. The molecule has 0 aliphatic rings. The maximum absolute atomic E-state index is 12.7. The number of aryl methyl sites for hydroxylation is 1. The number of aromatic amines is 1. The Bertz CT molecular complexity index is 834. The van der Waals surface area contributed by atoms with Crippen molar-refractivity contribution in [3.8, 4) is 0 Å². The van der Waals surface area contributed by atoms with Gasteiger partial charge in [-0.05, 0) is 47.7 Å². The number of hydrogen-bond acceptors (Lipinski definition) is 5. The number of carbonyl (C=O) groups excluding carboxylic acids is 2. The van der Waals surface area contributed by atoms with Crippen LogP contribution in [0.15, 0.2) is 18.2 Å². The summed E-state index contributed by atoms with van der Waals surface area (Å²) in [7, 11) is 0. The topological polar surface area (TPSA) is 101 Å². The zero-order chi connectivity index (χ0) is 18.6. The summed E-state index contributed by atoms with van der Waals surface area (Å²) in [4.78, 5) is 23.9. The predicted molar refractivity (Wildman–Crippen MR) is 102 cm³/mol. The molecule has 25 heavy (non-hydrogen) atoms. The monoisotopic (exact) mass is 378 g/mol. The van der Waals surface area contributed by atoms with Crippen LogP contribution in [-0.2, 0) is 17.6 Å². The number of nitrogens with two attached hydrogens (primary N) is 1. The third-order valence-electron chi connectivity index (χ3n) is 3.52. The van der Waals surface area contributed by atoms with Crippen LogP contribution in [0.5, 0.6) is 0 Å². The number of aromatic nitrogens is 2. The van der Waals surface area contributed by atoms with Crippen molar-refractivity contribution in [1.29, 1.82) is 0 Å². The molecule has 8 heteroatoms. The molecule has 0 atom stereocenters. The van der Waals surface area contributed by atoms with E-state index in [1.54, 1.807) is 6.07 Å². The van der Waals surface area contributed by atoms with Crippen molar-refractivity contribution in [2.45, 2.75) is 40.0 Å². The number of benzene rings is 1. The molecular formula is C17H22N4O2S2. The van der Waals surface area contributed by atoms with Crippen LogP contribution in [-0.4, -0.2) is 22.0 Å². The van der Waals surface area contributed by atoms with Gasteiger partial charge in [-0.15, -0.1) is 5.10 Å². The lowest BCUT2D eigenvalue weighted by Crippen LogP contribution is -2.20. The van der Waals surface area contributed by atoms with Gasteiger partial charge in [0.05, 0.1) is 0 Å². The van der Waals surface area contributed by atoms with Crippen molar-refractivity contribution in [2.24, 2.45) is 11.1 Å². The first-order valence-electron chi connectivity index (χ1n) is 7.91. The molecule has 1 aromatic carbocycles. The Morgan fingerprint density at radius 3 is 2.64 bits per heavy atom. The number of carbonyl (C=O) groups is 2. The maximum Gasteiger partial charge on any atom is 0.257 e. The molecule has 134 valence electrons. The summed E-state index contributed by atoms with van der Waals surface area (Å²) >= 11 is 6.19. The number of nitrogens with zero attached hydrogens (tertiary/aromatic N) is 1. The highest BCUT2D eigenvalue weighted by molar-refractivity contribution is 7.73. The standard InChI is InChI=1S/C17H22N4O2S2/c1-17(2,3)9-12-10(7-8-13(18)22)5-4-6-11(12)14(23)19-15-20-21-16(24)25-15/h4-6H,7-9H2,1-3H3,(H2,18,22)(H,21,24)(H,19,20,23). The summed E-state index contributed by atoms with van der Waals surface area (Å²) in [6.07, 6.45) is 1.48. The Kier molecular flexibility index (Phi) is 6.07. The molecule has 0 unspecified atom stereocenters. The molecule has 1 aromatic heterocycles. The lowest BCUT2D eigenvalue weighted by atomic mass is 9.83. The van der Waals surface area contributed by atoms with E-state index >= 15 is 0 Å². The molecule has 2 aromatic rings. The molecule has 0 spiro atoms. The lowest BCUT2D eigenvalue weighted by molar-refractivity contribution is -0.117. The van der Waals surface area contributed by atoms with Gasteiger partial charge in [0.1, 0.15) is 0 Å². The van der Waals surface area contributed by atoms with E-state index in [4.69, 9.17) is 18.0 Å². The molecule has 4 N–H and O–H groups in total. The summed E-state index contributed by atoms with van der Waals surface area (Å²) in [5.74, 6) is -0.592. The van der Waals surface area contributed by atoms with E-state index in [2.05, 4.69) is 36.3 Å². The largest absolute Gasteiger partial charge is 0.370 e. The van der Waals surface area contributed by atoms with Crippen LogP contribution in [0.4, 0.5) is 5.13 Å². The molecule has 0 saturated heterocycles. The normalized spacial score (nSPS) is 11.3. The third kappa shape index (κ3) is 5.75. The number of nitrogens with one attached hydrogen (secondary N) is 2. The third-order valence-corrected chi connectivity index (χ3v) is 4.53. The first-order chi connectivity index (χ1) is 11.7. The molecular weight excluding hydrogens is 356 g/mol. The van der Waals surface area contributed by atoms with E-state index in [0.717, 1.165) is 11.1 Å². The second-order valence-corrected chi connectivity index (χ2v) is 8.69. The highest BCUT2D eigenvalue weighted by Crippen LogP contribution is 2.27. The summed E-state index contributed by atoms with van der Waals surface area (Å²) in [5.41, 5.74) is 7.76. The van der Waals surface area contributed by atoms with E-state index in [1.165, 1.54) is 11.3 Å². The Hall–Kier alpha value is -2.06. The fourth-order valence-corrected chi connectivity index (χ4v) is 3.31. The number of anilines is 1. The fourth-order valence-electron chi connectivity index (χ4n) is 2.53. The first kappa shape index (κ1) is 19.3. The molecule has 6 nitrogen and oxygen atoms in total. The van der Waals surface area contributed by atoms with Crippen LogP contribution in [0, 0.1) is 9.37 Å². The van der Waals surface area contributed by atoms with Crippen LogP contribution in [0.2, 0.25) is 0 Å². The van der Waals surface area contributed by atoms with Gasteiger partial charge in [0.2, 0.25) is 11.0 Å². The molecule has 0 aliphatic heterocycles. The van der Waals surface area contributed by atoms with Crippen LogP contribution < -0.4 is 11.1 Å². The summed E-state index contributed by atoms with van der Waals surface area (Å²) in [5, 5.41) is 9.81. The SMILES string of the molecule is CC(C)(C)Cc1c(CCC(N)=O)cccc1C(=O)Nc1n[nH]c(=S)s1. The summed E-state index contributed by atoms with van der Waals surface area (Å²) in [6, 6.07) is 5.55. The number of amides is 2. The van der Waals surface area contributed by atoms with Crippen LogP contribution in [0.25, 0.3) is 0 Å². The van der Waals surface area contributed by atoms with E-state index in [0.29, 0.717) is 27.5 Å². The second kappa shape index (κ2) is 7.88. The maximum atomic E-state index is 12.7. The van der Waals surface area contributed by atoms with Crippen LogP contribution >= 0.6 is 23.6 Å². The Morgan fingerprint density at radius 2 is 2.08 bits per heavy atom. The van der Waals surface area contributed by atoms with Gasteiger partial charge in [-0.1, -0.05) is 44.2 Å². The molecule has 0 aliphatic carbocycles. The molecule has 0 radical (unpaired) electrons. The Morgan fingerprint density at radius 1 is 1.36 bits per heavy atom. The molecule has 2 amide bonds. The van der Waals surface area contributed by atoms with Gasteiger partial charge in [-0.2, -0.15) is 0 Å². The van der Waals surface area contributed by atoms with E-state index in [9.17, 15) is 9.59 Å². The average molecular weight is 379 g/mol. The second-order valence-electron chi connectivity index (χ2n) is 7.02. The van der Waals surface area contributed by atoms with Gasteiger partial charge in [-0.3, -0.25) is 20.0 Å². The van der Waals surface area contributed by atoms with Crippen molar-refractivity contribution in [3.05, 3.63) is 38.8 Å². The molecule has 0 bridgehead atoms. The van der Waals surface area contributed by atoms with Gasteiger partial charge in [0.25, 0.3) is 5.91 Å². The summed E-state index contributed by atoms with van der Waals surface area (Å²) < 4.78 is 0.500. The van der Waals surface area contributed by atoms with Gasteiger partial charge in [0, 0.05) is 12.0 Å². The Balaban J connectivity index is 2.37. The molecule has 0 fully saturated rings. The van der Waals surface area contributed by atoms with Gasteiger partial charge in [0.15, 0.2) is 3.95 Å². The van der Waals surface area contributed by atoms with E-state index in [1.807, 2.05) is 12.1 Å². The number of primary amides is 1. The Labute approximate surface area is 155 Å². The van der Waals surface area contributed by atoms with Gasteiger partial charge >= 0.3 is 0 Å². The van der Waals surface area contributed by atoms with Crippen molar-refractivity contribution in [1.82, 2.24) is 10.2 Å². The van der Waals surface area contributed by atoms with E-state index < -0.39 is 0 Å². The minimum atomic E-state index is -0.354. The van der Waals surface area contributed by atoms with Crippen molar-refractivity contribution in [2.75, 3.05) is 5.32 Å². The average Bonchev–Trinajstić information content (AvgIpc) is 2.89. The highest BCUT2D eigenvalue weighted by Gasteiger charge is 2.21. The first-order valence-corrected chi connectivity index (χ1v) is 9.14. The minimum absolute atomic E-state index is 0.0133. The highest BCUT2D eigenvalue weighted by atomic mass is 32.1. The van der Waals surface area contributed by atoms with Crippen molar-refractivity contribution in [3.63, 3.8) is 0 Å². The van der Waals surface area contributed by atoms with E-state index in [-0.39, 0.29) is 23.7 Å². The minimum Gasteiger partial charge on any atom is -0.370 e. The van der Waals surface area contributed by atoms with Crippen LogP contribution in [0.1, 0.15) is 48.7 Å². The van der Waals surface area contributed by atoms with Gasteiger partial charge in [-0.25, -0.2) is 0 Å². The zero-order valence-corrected chi connectivity index (χ0v) is 16.1. The van der Waals surface area contributed by atoms with Crippen molar-refractivity contribution < 1.29 is 9.59 Å². The fraction of sp³-hybridized carbons (Fsp3) is 0.412. The number of H-pyrrole nitrogens is 1. The predicted octanol–water partition coefficient (Wildman–Crippen LogP) is 3.46. The number of rotatable bonds is 6. The molecule has 0 saturated carbocycles. The quantitative estimate of drug-likeness (QED) is 0.670. The van der Waals surface area contributed by atoms with Crippen LogP contribution in [0.3, 0.4) is 0 Å². The number of hydrogen-bond donors (Lipinski definition) is 3.